The largest absolute Gasteiger partial charge is 0.479 e. The first kappa shape index (κ1) is 51.8. The van der Waals surface area contributed by atoms with Gasteiger partial charge in [-0.2, -0.15) is 0 Å². The van der Waals surface area contributed by atoms with Crippen molar-refractivity contribution in [2.45, 2.75) is 204 Å². The van der Waals surface area contributed by atoms with E-state index in [2.05, 4.69) is 40.7 Å². The third-order valence-electron chi connectivity index (χ3n) is 19.3. The van der Waals surface area contributed by atoms with E-state index < -0.39 is 158 Å². The summed E-state index contributed by atoms with van der Waals surface area (Å²) in [7, 11) is 0. The van der Waals surface area contributed by atoms with E-state index in [1.807, 2.05) is 13.8 Å². The van der Waals surface area contributed by atoms with Gasteiger partial charge in [0.05, 0.1) is 49.7 Å². The molecule has 0 aromatic carbocycles. The van der Waals surface area contributed by atoms with Gasteiger partial charge in [0.1, 0.15) is 61.0 Å². The van der Waals surface area contributed by atoms with Gasteiger partial charge in [0.2, 0.25) is 0 Å². The summed E-state index contributed by atoms with van der Waals surface area (Å²) < 4.78 is 36.3. The molecule has 3 saturated heterocycles. The number of aliphatic hydroxyl groups excluding tert-OH is 12. The monoisotopic (exact) mass is 960 g/mol. The first-order valence-corrected chi connectivity index (χ1v) is 24.0. The Balaban J connectivity index is 1.11. The third-order valence-corrected chi connectivity index (χ3v) is 19.3. The molecule has 0 bridgehead atoms. The van der Waals surface area contributed by atoms with Crippen molar-refractivity contribution in [1.29, 1.82) is 0 Å². The molecule has 67 heavy (non-hydrogen) atoms. The molecule has 0 aromatic heterocycles. The Morgan fingerprint density at radius 3 is 1.82 bits per heavy atom. The molecule has 0 unspecified atom stereocenters. The van der Waals surface area contributed by atoms with E-state index in [1.54, 1.807) is 0 Å². The SMILES string of the molecule is CC1(C)C[C@H]2C3=CC[C@@H]4[C@@]5(C)CC[C@H](O[C@@H]6O[C@H](C(=O)O)[C@@H](O)[C@H](O[C@@H]7O[C@@H](CO)[C@H](O)[C@H]7O)[C@H]6O[C@@H]6O[C@H](CO)[C@H](O)[C@H](O)[C@H]6O)C(C)(C)[C@@H]5CC[C@@]4(C)[C@]3(C)C[C@@H](O)[C@@]2(CO)[C@@H](O)[C@@H]1O. The summed E-state index contributed by atoms with van der Waals surface area (Å²) in [6.07, 6.45) is -22.7. The number of aliphatic carboxylic acids is 1. The fraction of sp³-hybridized carbons (Fsp3) is 0.936. The summed E-state index contributed by atoms with van der Waals surface area (Å²) in [6, 6.07) is 0. The minimum absolute atomic E-state index is 0.00810. The van der Waals surface area contributed by atoms with Gasteiger partial charge in [-0.25, -0.2) is 4.79 Å². The fourth-order valence-corrected chi connectivity index (χ4v) is 15.2. The molecule has 20 nitrogen and oxygen atoms in total. The number of carboxylic acids is 1. The predicted octanol–water partition coefficient (Wildman–Crippen LogP) is -1.74. The zero-order valence-electron chi connectivity index (χ0n) is 39.4. The highest BCUT2D eigenvalue weighted by atomic mass is 16.8. The van der Waals surface area contributed by atoms with Crippen LogP contribution < -0.4 is 0 Å². The van der Waals surface area contributed by atoms with E-state index in [0.717, 1.165) is 18.4 Å². The van der Waals surface area contributed by atoms with Crippen LogP contribution >= 0.6 is 0 Å². The summed E-state index contributed by atoms with van der Waals surface area (Å²) in [4.78, 5) is 12.8. The normalized spacial score (nSPS) is 54.8. The number of hydrogen-bond donors (Lipinski definition) is 13. The Morgan fingerprint density at radius 2 is 1.24 bits per heavy atom. The zero-order chi connectivity index (χ0) is 49.3. The number of allylic oxidation sites excluding steroid dienone is 2. The molecule has 3 aliphatic heterocycles. The minimum atomic E-state index is -2.08. The fourth-order valence-electron chi connectivity index (χ4n) is 15.2. The van der Waals surface area contributed by atoms with Crippen molar-refractivity contribution in [1.82, 2.24) is 0 Å². The predicted molar refractivity (Wildman–Crippen MR) is 229 cm³/mol. The molecule has 0 radical (unpaired) electrons. The maximum Gasteiger partial charge on any atom is 0.335 e. The van der Waals surface area contributed by atoms with Gasteiger partial charge in [-0.05, 0) is 89.8 Å². The molecular weight excluding hydrogens is 884 g/mol. The number of ether oxygens (including phenoxy) is 6. The molecular formula is C47H76O20. The number of carbonyl (C=O) groups is 1. The first-order chi connectivity index (χ1) is 31.2. The van der Waals surface area contributed by atoms with Crippen LogP contribution in [0.3, 0.4) is 0 Å². The summed E-state index contributed by atoms with van der Waals surface area (Å²) in [5, 5.41) is 141. The van der Waals surface area contributed by atoms with Crippen molar-refractivity contribution in [3.8, 4) is 0 Å². The van der Waals surface area contributed by atoms with Crippen molar-refractivity contribution >= 4 is 5.97 Å². The highest BCUT2D eigenvalue weighted by molar-refractivity contribution is 5.73. The summed E-state index contributed by atoms with van der Waals surface area (Å²) >= 11 is 0. The maximum absolute atomic E-state index is 12.8. The van der Waals surface area contributed by atoms with Crippen molar-refractivity contribution in [3.63, 3.8) is 0 Å². The second kappa shape index (κ2) is 17.9. The smallest absolute Gasteiger partial charge is 0.335 e. The van der Waals surface area contributed by atoms with Gasteiger partial charge in [0.25, 0.3) is 0 Å². The van der Waals surface area contributed by atoms with Crippen LogP contribution in [-0.2, 0) is 33.2 Å². The zero-order valence-corrected chi connectivity index (χ0v) is 39.4. The van der Waals surface area contributed by atoms with Gasteiger partial charge in [0.15, 0.2) is 25.0 Å². The van der Waals surface area contributed by atoms with Crippen LogP contribution in [0.25, 0.3) is 0 Å². The van der Waals surface area contributed by atoms with E-state index in [4.69, 9.17) is 28.4 Å². The molecule has 8 rings (SSSR count). The van der Waals surface area contributed by atoms with Crippen LogP contribution in [0.4, 0.5) is 0 Å². The van der Waals surface area contributed by atoms with Crippen LogP contribution in [-0.4, -0.2) is 203 Å². The van der Waals surface area contributed by atoms with E-state index >= 15 is 0 Å². The Labute approximate surface area is 390 Å². The van der Waals surface area contributed by atoms with Crippen LogP contribution in [0.1, 0.15) is 93.4 Å². The van der Waals surface area contributed by atoms with Crippen molar-refractivity contribution in [2.75, 3.05) is 19.8 Å². The molecule has 4 saturated carbocycles. The third kappa shape index (κ3) is 7.65. The Morgan fingerprint density at radius 1 is 0.657 bits per heavy atom. The van der Waals surface area contributed by atoms with Gasteiger partial charge >= 0.3 is 5.97 Å². The lowest BCUT2D eigenvalue weighted by Crippen LogP contribution is -2.71. The molecule has 0 aromatic rings. The van der Waals surface area contributed by atoms with E-state index in [1.165, 1.54) is 0 Å². The molecule has 0 spiro atoms. The van der Waals surface area contributed by atoms with Crippen LogP contribution in [0, 0.1) is 50.2 Å². The number of aliphatic hydroxyl groups is 12. The highest BCUT2D eigenvalue weighted by Gasteiger charge is 2.72. The van der Waals surface area contributed by atoms with E-state index in [9.17, 15) is 71.2 Å². The van der Waals surface area contributed by atoms with Gasteiger partial charge in [-0.15, -0.1) is 0 Å². The van der Waals surface area contributed by atoms with Gasteiger partial charge < -0.3 is 94.8 Å². The van der Waals surface area contributed by atoms with E-state index in [-0.39, 0.29) is 28.6 Å². The lowest BCUT2D eigenvalue weighted by molar-refractivity contribution is -0.386. The topological polar surface area (TPSA) is 335 Å². The Bertz CT molecular complexity index is 1850. The average molecular weight is 961 g/mol. The maximum atomic E-state index is 12.8. The number of hydrogen-bond acceptors (Lipinski definition) is 19. The molecule has 13 N–H and O–H groups in total. The second-order valence-corrected chi connectivity index (χ2v) is 23.3. The standard InChI is InChI=1S/C47H76O20/c1-42(2)14-20-19-8-9-24-44(5)12-11-26(43(3,4)23(44)10-13-45(24,6)46(19,7)15-25(51)47(20,18-50)37(59)36(42)58)64-41-35(67-40-31(56)29(54)27(52)21(16-48)62-40)33(32(57)34(66-41)38(60)61)65-39-30(55)28(53)22(17-49)63-39/h8,20-37,39-41,48-59H,9-18H2,1-7H3,(H,60,61)/t20-,21+,22-,23-,24+,25+,26-,27-,28-,29-,30+,31+,32-,33-,34-,35+,36-,37-,39-,40-,41+,44-,45+,46+,47-/m0/s1. The molecule has 25 atom stereocenters. The lowest BCUT2D eigenvalue weighted by atomic mass is 9.33. The van der Waals surface area contributed by atoms with Crippen LogP contribution in [0.2, 0.25) is 0 Å². The van der Waals surface area contributed by atoms with Gasteiger partial charge in [-0.1, -0.05) is 60.1 Å². The second-order valence-electron chi connectivity index (χ2n) is 23.3. The van der Waals surface area contributed by atoms with Crippen molar-refractivity contribution in [2.24, 2.45) is 50.2 Å². The number of fused-ring (bicyclic) bond motifs is 7. The van der Waals surface area contributed by atoms with Gasteiger partial charge in [0, 0.05) is 0 Å². The molecule has 3 heterocycles. The molecule has 7 fully saturated rings. The Kier molecular flexibility index (Phi) is 13.9. The molecule has 20 heteroatoms. The molecule has 5 aliphatic carbocycles. The number of rotatable bonds is 10. The summed E-state index contributed by atoms with van der Waals surface area (Å²) in [5.74, 6) is -1.90. The summed E-state index contributed by atoms with van der Waals surface area (Å²) in [5.41, 5.74) is -2.74. The van der Waals surface area contributed by atoms with Crippen molar-refractivity contribution < 1.29 is 99.6 Å². The highest BCUT2D eigenvalue weighted by Crippen LogP contribution is 2.76. The molecule has 384 valence electrons. The minimum Gasteiger partial charge on any atom is -0.479 e. The van der Waals surface area contributed by atoms with Crippen LogP contribution in [0.15, 0.2) is 11.6 Å². The van der Waals surface area contributed by atoms with Gasteiger partial charge in [-0.3, -0.25) is 0 Å². The Hall–Kier alpha value is -1.51. The number of carboxylic acid groups (broad SMARTS) is 1. The lowest BCUT2D eigenvalue weighted by Gasteiger charge is -2.72. The van der Waals surface area contributed by atoms with Crippen molar-refractivity contribution in [3.05, 3.63) is 11.6 Å². The summed E-state index contributed by atoms with van der Waals surface area (Å²) in [6.45, 7) is 12.8. The van der Waals surface area contributed by atoms with Crippen LogP contribution in [0.5, 0.6) is 0 Å². The average Bonchev–Trinajstić information content (AvgIpc) is 3.53. The van der Waals surface area contributed by atoms with E-state index in [0.29, 0.717) is 32.1 Å². The molecule has 8 aliphatic rings. The molecule has 0 amide bonds. The quantitative estimate of drug-likeness (QED) is 0.0854. The first-order valence-electron chi connectivity index (χ1n) is 24.0.